The van der Waals surface area contributed by atoms with Gasteiger partial charge in [-0.2, -0.15) is 0 Å². The van der Waals surface area contributed by atoms with Gasteiger partial charge in [0.05, 0.1) is 22.9 Å². The largest absolute Gasteiger partial charge is 0.307 e. The van der Waals surface area contributed by atoms with Crippen molar-refractivity contribution in [1.82, 2.24) is 19.7 Å². The standard InChI is InChI=1S/C19H20N4O/c1-12-18-17(15-7-5-14(6-8-15)13(2)24)22-19(16-4-3-9-21-16)23(18)11-10-20-12/h5-8,10-11,16,21H,3-4,9H2,1-2H3/t16-/m0/s1. The number of nitrogens with zero attached hydrogens (tertiary/aromatic N) is 3. The molecule has 1 aliphatic rings. The maximum Gasteiger partial charge on any atom is 0.159 e. The number of carbonyl (C=O) groups is 1. The predicted molar refractivity (Wildman–Crippen MR) is 93.1 cm³/mol. The zero-order valence-electron chi connectivity index (χ0n) is 13.9. The second kappa shape index (κ2) is 5.83. The molecular weight excluding hydrogens is 300 g/mol. The smallest absolute Gasteiger partial charge is 0.159 e. The number of rotatable bonds is 3. The van der Waals surface area contributed by atoms with Crippen LogP contribution >= 0.6 is 0 Å². The minimum absolute atomic E-state index is 0.0740. The normalized spacial score (nSPS) is 17.5. The highest BCUT2D eigenvalue weighted by atomic mass is 16.1. The second-order valence-corrected chi connectivity index (χ2v) is 6.33. The van der Waals surface area contributed by atoms with Crippen LogP contribution in [-0.2, 0) is 0 Å². The van der Waals surface area contributed by atoms with Gasteiger partial charge < -0.3 is 5.32 Å². The summed E-state index contributed by atoms with van der Waals surface area (Å²) in [5.74, 6) is 1.11. The molecule has 1 N–H and O–H groups in total. The minimum atomic E-state index is 0.0740. The highest BCUT2D eigenvalue weighted by Crippen LogP contribution is 2.31. The van der Waals surface area contributed by atoms with Gasteiger partial charge in [0, 0.05) is 23.5 Å². The maximum absolute atomic E-state index is 11.5. The monoisotopic (exact) mass is 320 g/mol. The van der Waals surface area contributed by atoms with Crippen LogP contribution in [0.2, 0.25) is 0 Å². The first-order valence-corrected chi connectivity index (χ1v) is 8.33. The summed E-state index contributed by atoms with van der Waals surface area (Å²) in [4.78, 5) is 20.9. The molecule has 0 aliphatic carbocycles. The lowest BCUT2D eigenvalue weighted by atomic mass is 10.1. The number of imidazole rings is 1. The van der Waals surface area contributed by atoms with Crippen LogP contribution in [0.1, 0.15) is 47.7 Å². The Bertz CT molecular complexity index is 905. The molecule has 1 saturated heterocycles. The molecule has 2 aromatic heterocycles. The van der Waals surface area contributed by atoms with Crippen molar-refractivity contribution in [2.24, 2.45) is 0 Å². The maximum atomic E-state index is 11.5. The average molecular weight is 320 g/mol. The molecule has 4 rings (SSSR count). The molecule has 3 heterocycles. The van der Waals surface area contributed by atoms with E-state index in [9.17, 15) is 4.79 Å². The Labute approximate surface area is 140 Å². The molecule has 1 fully saturated rings. The highest BCUT2D eigenvalue weighted by molar-refractivity contribution is 5.94. The number of aryl methyl sites for hydroxylation is 1. The van der Waals surface area contributed by atoms with Gasteiger partial charge in [-0.1, -0.05) is 24.3 Å². The van der Waals surface area contributed by atoms with E-state index in [4.69, 9.17) is 4.98 Å². The van der Waals surface area contributed by atoms with E-state index in [-0.39, 0.29) is 11.8 Å². The SMILES string of the molecule is CC(=O)c1ccc(-c2nc([C@@H]3CCCN3)n3ccnc(C)c23)cc1. The van der Waals surface area contributed by atoms with Crippen molar-refractivity contribution in [1.29, 1.82) is 0 Å². The zero-order chi connectivity index (χ0) is 16.7. The zero-order valence-corrected chi connectivity index (χ0v) is 13.9. The fourth-order valence-electron chi connectivity index (χ4n) is 3.43. The van der Waals surface area contributed by atoms with Crippen LogP contribution < -0.4 is 5.32 Å². The molecule has 0 bridgehead atoms. The van der Waals surface area contributed by atoms with Gasteiger partial charge in [-0.3, -0.25) is 14.2 Å². The summed E-state index contributed by atoms with van der Waals surface area (Å²) in [6.45, 7) is 4.63. The first-order chi connectivity index (χ1) is 11.6. The number of aromatic nitrogens is 3. The Morgan fingerprint density at radius 2 is 2.08 bits per heavy atom. The summed E-state index contributed by atoms with van der Waals surface area (Å²) in [6, 6.07) is 7.95. The Hall–Kier alpha value is -2.53. The summed E-state index contributed by atoms with van der Waals surface area (Å²) >= 11 is 0. The molecule has 1 atom stereocenters. The lowest BCUT2D eigenvalue weighted by molar-refractivity contribution is 0.101. The molecule has 0 saturated carbocycles. The van der Waals surface area contributed by atoms with Crippen LogP contribution in [0.15, 0.2) is 36.7 Å². The molecule has 1 aromatic carbocycles. The summed E-state index contributed by atoms with van der Waals surface area (Å²) in [5, 5.41) is 3.52. The summed E-state index contributed by atoms with van der Waals surface area (Å²) in [5.41, 5.74) is 4.66. The topological polar surface area (TPSA) is 59.3 Å². The third-order valence-corrected chi connectivity index (χ3v) is 4.70. The summed E-state index contributed by atoms with van der Waals surface area (Å²) in [6.07, 6.45) is 6.08. The molecule has 3 aromatic rings. The van der Waals surface area contributed by atoms with Crippen molar-refractivity contribution in [3.63, 3.8) is 0 Å². The quantitative estimate of drug-likeness (QED) is 0.752. The lowest BCUT2D eigenvalue weighted by Crippen LogP contribution is -2.15. The fourth-order valence-corrected chi connectivity index (χ4v) is 3.43. The number of fused-ring (bicyclic) bond motifs is 1. The number of hydrogen-bond donors (Lipinski definition) is 1. The Morgan fingerprint density at radius 1 is 1.29 bits per heavy atom. The van der Waals surface area contributed by atoms with E-state index in [1.165, 1.54) is 6.42 Å². The highest BCUT2D eigenvalue weighted by Gasteiger charge is 2.24. The molecule has 5 heteroatoms. The number of hydrogen-bond acceptors (Lipinski definition) is 4. The van der Waals surface area contributed by atoms with Crippen molar-refractivity contribution >= 4 is 11.3 Å². The van der Waals surface area contributed by atoms with Crippen molar-refractivity contribution < 1.29 is 4.79 Å². The van der Waals surface area contributed by atoms with E-state index in [0.717, 1.165) is 46.8 Å². The van der Waals surface area contributed by atoms with Crippen molar-refractivity contribution in [3.8, 4) is 11.3 Å². The molecule has 24 heavy (non-hydrogen) atoms. The van der Waals surface area contributed by atoms with Crippen LogP contribution in [0, 0.1) is 6.92 Å². The number of nitrogens with one attached hydrogen (secondary N) is 1. The Kier molecular flexibility index (Phi) is 3.65. The average Bonchev–Trinajstić information content (AvgIpc) is 3.23. The molecule has 1 aliphatic heterocycles. The number of benzene rings is 1. The van der Waals surface area contributed by atoms with E-state index in [1.54, 1.807) is 6.92 Å². The van der Waals surface area contributed by atoms with Gasteiger partial charge in [-0.15, -0.1) is 0 Å². The third-order valence-electron chi connectivity index (χ3n) is 4.70. The van der Waals surface area contributed by atoms with Crippen LogP contribution in [0.4, 0.5) is 0 Å². The van der Waals surface area contributed by atoms with Gasteiger partial charge in [0.2, 0.25) is 0 Å². The van der Waals surface area contributed by atoms with E-state index in [0.29, 0.717) is 0 Å². The van der Waals surface area contributed by atoms with Crippen LogP contribution in [-0.4, -0.2) is 26.7 Å². The van der Waals surface area contributed by atoms with Gasteiger partial charge in [0.25, 0.3) is 0 Å². The predicted octanol–water partition coefficient (Wildman–Crippen LogP) is 3.33. The van der Waals surface area contributed by atoms with Gasteiger partial charge in [0.1, 0.15) is 5.82 Å². The Balaban J connectivity index is 1.89. The minimum Gasteiger partial charge on any atom is -0.307 e. The Morgan fingerprint density at radius 3 is 2.75 bits per heavy atom. The number of carbonyl (C=O) groups excluding carboxylic acids is 1. The van der Waals surface area contributed by atoms with E-state index in [2.05, 4.69) is 14.7 Å². The number of ketones is 1. The van der Waals surface area contributed by atoms with Gasteiger partial charge in [-0.05, 0) is 33.2 Å². The molecule has 0 radical (unpaired) electrons. The second-order valence-electron chi connectivity index (χ2n) is 6.33. The fraction of sp³-hybridized carbons (Fsp3) is 0.316. The first-order valence-electron chi connectivity index (χ1n) is 8.33. The van der Waals surface area contributed by atoms with E-state index < -0.39 is 0 Å². The van der Waals surface area contributed by atoms with Gasteiger partial charge >= 0.3 is 0 Å². The van der Waals surface area contributed by atoms with Gasteiger partial charge in [-0.25, -0.2) is 4.98 Å². The molecule has 0 unspecified atom stereocenters. The van der Waals surface area contributed by atoms with E-state index in [1.807, 2.05) is 43.6 Å². The van der Waals surface area contributed by atoms with Crippen LogP contribution in [0.3, 0.4) is 0 Å². The van der Waals surface area contributed by atoms with Crippen molar-refractivity contribution in [2.75, 3.05) is 6.54 Å². The van der Waals surface area contributed by atoms with Crippen LogP contribution in [0.5, 0.6) is 0 Å². The summed E-state index contributed by atoms with van der Waals surface area (Å²) < 4.78 is 2.15. The lowest BCUT2D eigenvalue weighted by Gasteiger charge is -2.08. The summed E-state index contributed by atoms with van der Waals surface area (Å²) in [7, 11) is 0. The molecule has 5 nitrogen and oxygen atoms in total. The van der Waals surface area contributed by atoms with Crippen molar-refractivity contribution in [3.05, 3.63) is 53.7 Å². The molecular formula is C19H20N4O. The molecule has 0 spiro atoms. The van der Waals surface area contributed by atoms with E-state index >= 15 is 0 Å². The molecule has 0 amide bonds. The first kappa shape index (κ1) is 15.0. The van der Waals surface area contributed by atoms with Gasteiger partial charge in [0.15, 0.2) is 5.78 Å². The third kappa shape index (κ3) is 2.41. The number of Topliss-reactive ketones (excluding diaryl/α,β-unsaturated/α-hetero) is 1. The van der Waals surface area contributed by atoms with Crippen molar-refractivity contribution in [2.45, 2.75) is 32.7 Å². The van der Waals surface area contributed by atoms with Crippen LogP contribution in [0.25, 0.3) is 16.8 Å². The molecule has 122 valence electrons.